The third-order valence-corrected chi connectivity index (χ3v) is 10.4. The van der Waals surface area contributed by atoms with E-state index in [0.717, 1.165) is 25.6 Å². The Morgan fingerprint density at radius 2 is 1.70 bits per heavy atom. The van der Waals surface area contributed by atoms with Crippen LogP contribution >= 0.6 is 50.4 Å². The van der Waals surface area contributed by atoms with Gasteiger partial charge in [-0.05, 0) is 47.8 Å². The van der Waals surface area contributed by atoms with E-state index >= 15 is 0 Å². The number of nitrogens with one attached hydrogen (secondary N) is 1. The monoisotopic (exact) mass is 611 g/mol. The van der Waals surface area contributed by atoms with Crippen LogP contribution in [0.5, 0.6) is 0 Å². The SMILES string of the molecule is O=C(Cn1c2c(sc1=O)[C@@H](c1cccs1)[C@H]1C(=O)N(c3ccc(Br)cc3)C(=O)[C@H]1S2)Nc1ccccc1. The van der Waals surface area contributed by atoms with Crippen molar-refractivity contribution in [1.82, 2.24) is 4.57 Å². The molecule has 3 atom stereocenters. The van der Waals surface area contributed by atoms with E-state index in [2.05, 4.69) is 21.2 Å². The zero-order valence-corrected chi connectivity index (χ0v) is 23.0. The summed E-state index contributed by atoms with van der Waals surface area (Å²) < 4.78 is 2.28. The van der Waals surface area contributed by atoms with Crippen LogP contribution in [0.25, 0.3) is 0 Å². The smallest absolute Gasteiger partial charge is 0.308 e. The summed E-state index contributed by atoms with van der Waals surface area (Å²) in [6.07, 6.45) is 0. The summed E-state index contributed by atoms with van der Waals surface area (Å²) in [6.45, 7) is -0.181. The summed E-state index contributed by atoms with van der Waals surface area (Å²) in [5, 5.41) is 4.62. The third kappa shape index (κ3) is 4.29. The number of carbonyl (C=O) groups is 3. The number of carbonyl (C=O) groups excluding carboxylic acids is 3. The van der Waals surface area contributed by atoms with Crippen LogP contribution in [-0.4, -0.2) is 27.5 Å². The lowest BCUT2D eigenvalue weighted by molar-refractivity contribution is -0.122. The lowest BCUT2D eigenvalue weighted by atomic mass is 9.87. The van der Waals surface area contributed by atoms with Crippen molar-refractivity contribution < 1.29 is 14.4 Å². The van der Waals surface area contributed by atoms with E-state index in [9.17, 15) is 19.2 Å². The average Bonchev–Trinajstić information content (AvgIpc) is 3.58. The van der Waals surface area contributed by atoms with Gasteiger partial charge in [-0.25, -0.2) is 4.90 Å². The van der Waals surface area contributed by atoms with Crippen molar-refractivity contribution in [2.24, 2.45) is 5.92 Å². The number of thioether (sulfide) groups is 1. The van der Waals surface area contributed by atoms with Crippen molar-refractivity contribution in [2.45, 2.75) is 22.7 Å². The van der Waals surface area contributed by atoms with Crippen LogP contribution in [-0.2, 0) is 20.9 Å². The van der Waals surface area contributed by atoms with Crippen LogP contribution in [0.3, 0.4) is 0 Å². The minimum atomic E-state index is -0.701. The molecule has 0 bridgehead atoms. The van der Waals surface area contributed by atoms with Gasteiger partial charge in [0.1, 0.15) is 11.8 Å². The summed E-state index contributed by atoms with van der Waals surface area (Å²) >= 11 is 7.15. The zero-order valence-electron chi connectivity index (χ0n) is 19.0. The number of anilines is 2. The van der Waals surface area contributed by atoms with Crippen molar-refractivity contribution in [2.75, 3.05) is 10.2 Å². The Balaban J connectivity index is 1.39. The van der Waals surface area contributed by atoms with Crippen LogP contribution in [0.4, 0.5) is 11.4 Å². The molecule has 0 spiro atoms. The average molecular weight is 613 g/mol. The summed E-state index contributed by atoms with van der Waals surface area (Å²) in [7, 11) is 0. The largest absolute Gasteiger partial charge is 0.325 e. The Labute approximate surface area is 232 Å². The first-order valence-corrected chi connectivity index (χ1v) is 14.7. The fourth-order valence-electron chi connectivity index (χ4n) is 4.74. The molecule has 1 saturated heterocycles. The van der Waals surface area contributed by atoms with Gasteiger partial charge in [0.25, 0.3) is 0 Å². The highest BCUT2D eigenvalue weighted by Gasteiger charge is 2.57. The van der Waals surface area contributed by atoms with Crippen molar-refractivity contribution in [3.05, 3.63) is 96.0 Å². The van der Waals surface area contributed by atoms with E-state index in [4.69, 9.17) is 0 Å². The molecule has 6 rings (SSSR count). The van der Waals surface area contributed by atoms with Crippen LogP contribution in [0.2, 0.25) is 0 Å². The quantitative estimate of drug-likeness (QED) is 0.315. The van der Waals surface area contributed by atoms with Crippen molar-refractivity contribution in [3.63, 3.8) is 0 Å². The van der Waals surface area contributed by atoms with Crippen LogP contribution in [0.1, 0.15) is 15.7 Å². The summed E-state index contributed by atoms with van der Waals surface area (Å²) in [5.74, 6) is -2.00. The highest BCUT2D eigenvalue weighted by Crippen LogP contribution is 2.54. The molecular weight excluding hydrogens is 594 g/mol. The molecule has 2 aromatic carbocycles. The Morgan fingerprint density at radius 3 is 2.41 bits per heavy atom. The first-order valence-electron chi connectivity index (χ1n) is 11.3. The number of halogens is 1. The highest BCUT2D eigenvalue weighted by atomic mass is 79.9. The minimum Gasteiger partial charge on any atom is -0.325 e. The topological polar surface area (TPSA) is 88.5 Å². The summed E-state index contributed by atoms with van der Waals surface area (Å²) in [5.41, 5.74) is 1.15. The van der Waals surface area contributed by atoms with Gasteiger partial charge in [0.2, 0.25) is 17.7 Å². The number of nitrogens with zero attached hydrogens (tertiary/aromatic N) is 2. The van der Waals surface area contributed by atoms with Crippen molar-refractivity contribution in [1.29, 1.82) is 0 Å². The molecule has 37 heavy (non-hydrogen) atoms. The molecule has 4 heterocycles. The lowest BCUT2D eigenvalue weighted by Crippen LogP contribution is -2.32. The standard InChI is InChI=1S/C26H18BrN3O4S3/c27-14-8-10-16(11-9-14)30-23(32)20-19(17-7-4-12-35-17)22-25(36-21(20)24(30)33)29(26(34)37-22)13-18(31)28-15-5-2-1-3-6-15/h1-12,19-21H,13H2,(H,28,31)/t19-,20+,21-/m0/s1. The van der Waals surface area contributed by atoms with E-state index in [1.165, 1.54) is 32.6 Å². The first kappa shape index (κ1) is 24.4. The minimum absolute atomic E-state index is 0.181. The molecule has 2 aromatic heterocycles. The lowest BCUT2D eigenvalue weighted by Gasteiger charge is -2.29. The van der Waals surface area contributed by atoms with E-state index in [1.54, 1.807) is 36.4 Å². The van der Waals surface area contributed by atoms with Gasteiger partial charge in [0.15, 0.2) is 0 Å². The van der Waals surface area contributed by atoms with Gasteiger partial charge in [-0.2, -0.15) is 0 Å². The Kier molecular flexibility index (Phi) is 6.39. The van der Waals surface area contributed by atoms with Crippen molar-refractivity contribution >= 4 is 79.5 Å². The van der Waals surface area contributed by atoms with E-state index in [1.807, 2.05) is 35.7 Å². The second-order valence-corrected chi connectivity index (χ2v) is 12.6. The molecule has 2 aliphatic heterocycles. The molecule has 0 aliphatic carbocycles. The molecule has 11 heteroatoms. The molecule has 186 valence electrons. The van der Waals surface area contributed by atoms with Crippen LogP contribution in [0, 0.1) is 5.92 Å². The molecular formula is C26H18BrN3O4S3. The van der Waals surface area contributed by atoms with Gasteiger partial charge >= 0.3 is 4.87 Å². The number of rotatable bonds is 5. The number of fused-ring (bicyclic) bond motifs is 2. The maximum Gasteiger partial charge on any atom is 0.308 e. The third-order valence-electron chi connectivity index (χ3n) is 6.34. The van der Waals surface area contributed by atoms with E-state index in [-0.39, 0.29) is 29.1 Å². The van der Waals surface area contributed by atoms with Crippen molar-refractivity contribution in [3.8, 4) is 0 Å². The number of hydrogen-bond acceptors (Lipinski definition) is 7. The van der Waals surface area contributed by atoms with Gasteiger partial charge in [-0.15, -0.1) is 11.3 Å². The van der Waals surface area contributed by atoms with Gasteiger partial charge < -0.3 is 5.32 Å². The molecule has 0 unspecified atom stereocenters. The Bertz CT molecular complexity index is 1560. The van der Waals surface area contributed by atoms with Gasteiger partial charge in [0, 0.05) is 25.8 Å². The predicted molar refractivity (Wildman–Crippen MR) is 150 cm³/mol. The highest BCUT2D eigenvalue weighted by molar-refractivity contribution is 9.10. The molecule has 0 radical (unpaired) electrons. The molecule has 2 aliphatic rings. The molecule has 1 N–H and O–H groups in total. The van der Waals surface area contributed by atoms with Crippen LogP contribution < -0.4 is 15.1 Å². The Morgan fingerprint density at radius 1 is 0.946 bits per heavy atom. The fraction of sp³-hybridized carbons (Fsp3) is 0.154. The van der Waals surface area contributed by atoms with Gasteiger partial charge in [-0.3, -0.25) is 23.7 Å². The van der Waals surface area contributed by atoms with E-state index < -0.39 is 17.1 Å². The zero-order chi connectivity index (χ0) is 25.7. The molecule has 7 nitrogen and oxygen atoms in total. The fourth-order valence-corrected chi connectivity index (χ4v) is 8.73. The normalized spacial score (nSPS) is 20.6. The summed E-state index contributed by atoms with van der Waals surface area (Å²) in [6, 6.07) is 19.9. The summed E-state index contributed by atoms with van der Waals surface area (Å²) in [4.78, 5) is 56.0. The van der Waals surface area contributed by atoms with E-state index in [0.29, 0.717) is 16.4 Å². The second-order valence-electron chi connectivity index (χ2n) is 8.58. The number of thiophene rings is 1. The number of hydrogen-bond donors (Lipinski definition) is 1. The number of aromatic nitrogens is 1. The maximum atomic E-state index is 13.8. The molecule has 4 aromatic rings. The van der Waals surface area contributed by atoms with Gasteiger partial charge in [-0.1, -0.05) is 63.3 Å². The molecule has 0 saturated carbocycles. The number of benzene rings is 2. The Hall–Kier alpha value is -2.99. The molecule has 1 fully saturated rings. The van der Waals surface area contributed by atoms with Crippen LogP contribution in [0.15, 0.2) is 86.4 Å². The number of para-hydroxylation sites is 1. The number of imide groups is 1. The molecule has 3 amide bonds. The number of amides is 3. The maximum absolute atomic E-state index is 13.8. The second kappa shape index (κ2) is 9.71. The number of thiazole rings is 1. The predicted octanol–water partition coefficient (Wildman–Crippen LogP) is 5.17. The first-order chi connectivity index (χ1) is 17.9. The van der Waals surface area contributed by atoms with Gasteiger partial charge in [0.05, 0.1) is 16.6 Å².